The monoisotopic (exact) mass is 378 g/mol. The Hall–Kier alpha value is -2.62. The highest BCUT2D eigenvalue weighted by Gasteiger charge is 2.11. The molecule has 3 rings (SSSR count). The Morgan fingerprint density at radius 1 is 0.607 bits per heavy atom. The van der Waals surface area contributed by atoms with Crippen LogP contribution < -0.4 is 9.47 Å². The Morgan fingerprint density at radius 3 is 1.39 bits per heavy atom. The van der Waals surface area contributed by atoms with Crippen molar-refractivity contribution in [2.45, 2.75) is 51.4 Å². The molecular formula is C24H30N2O2. The molecule has 4 nitrogen and oxygen atoms in total. The normalized spacial score (nSPS) is 17.8. The molecule has 0 bridgehead atoms. The second kappa shape index (κ2) is 10.6. The molecule has 148 valence electrons. The van der Waals surface area contributed by atoms with E-state index in [0.717, 1.165) is 74.3 Å². The molecule has 1 aliphatic rings. The van der Waals surface area contributed by atoms with Gasteiger partial charge in [-0.05, 0) is 63.5 Å². The lowest BCUT2D eigenvalue weighted by Crippen LogP contribution is -2.02. The Morgan fingerprint density at radius 2 is 1.00 bits per heavy atom. The number of allylic oxidation sites excluding steroid dienone is 4. The third-order valence-corrected chi connectivity index (χ3v) is 5.19. The first-order chi connectivity index (χ1) is 13.8. The first kappa shape index (κ1) is 20.1. The smallest absolute Gasteiger partial charge is 0.125 e. The lowest BCUT2D eigenvalue weighted by Gasteiger charge is -2.13. The van der Waals surface area contributed by atoms with Gasteiger partial charge in [-0.3, -0.25) is 9.97 Å². The number of methoxy groups -OCH3 is 2. The number of hydrogen-bond donors (Lipinski definition) is 0. The van der Waals surface area contributed by atoms with E-state index in [4.69, 9.17) is 9.47 Å². The van der Waals surface area contributed by atoms with Crippen LogP contribution in [0.25, 0.3) is 0 Å². The van der Waals surface area contributed by atoms with Crippen molar-refractivity contribution >= 4 is 0 Å². The number of fused-ring (bicyclic) bond motifs is 2. The lowest BCUT2D eigenvalue weighted by atomic mass is 10.0. The summed E-state index contributed by atoms with van der Waals surface area (Å²) >= 11 is 0. The fourth-order valence-electron chi connectivity index (χ4n) is 3.75. The van der Waals surface area contributed by atoms with Crippen LogP contribution in [0.5, 0.6) is 11.5 Å². The minimum Gasteiger partial charge on any atom is -0.496 e. The molecule has 2 heterocycles. The summed E-state index contributed by atoms with van der Waals surface area (Å²) < 4.78 is 11.2. The van der Waals surface area contributed by atoms with E-state index < -0.39 is 0 Å². The summed E-state index contributed by atoms with van der Waals surface area (Å²) in [4.78, 5) is 9.24. The van der Waals surface area contributed by atoms with Crippen molar-refractivity contribution in [1.29, 1.82) is 0 Å². The largest absolute Gasteiger partial charge is 0.496 e. The first-order valence-corrected chi connectivity index (χ1v) is 10.1. The Kier molecular flexibility index (Phi) is 7.65. The average Bonchev–Trinajstić information content (AvgIpc) is 2.73. The van der Waals surface area contributed by atoms with Gasteiger partial charge in [0.15, 0.2) is 0 Å². The summed E-state index contributed by atoms with van der Waals surface area (Å²) in [7, 11) is 3.48. The molecule has 0 unspecified atom stereocenters. The van der Waals surface area contributed by atoms with Crippen LogP contribution in [0.4, 0.5) is 0 Å². The van der Waals surface area contributed by atoms with E-state index in [-0.39, 0.29) is 0 Å². The van der Waals surface area contributed by atoms with Gasteiger partial charge in [0, 0.05) is 34.9 Å². The van der Waals surface area contributed by atoms with Crippen LogP contribution in [0.3, 0.4) is 0 Å². The van der Waals surface area contributed by atoms with Gasteiger partial charge in [-0.25, -0.2) is 0 Å². The van der Waals surface area contributed by atoms with Gasteiger partial charge < -0.3 is 9.47 Å². The molecule has 0 saturated carbocycles. The van der Waals surface area contributed by atoms with Crippen LogP contribution in [0.15, 0.2) is 48.8 Å². The van der Waals surface area contributed by atoms with Gasteiger partial charge in [-0.15, -0.1) is 0 Å². The van der Waals surface area contributed by atoms with Crippen molar-refractivity contribution in [2.75, 3.05) is 14.2 Å². The second-order valence-electron chi connectivity index (χ2n) is 6.97. The number of rotatable bonds is 2. The highest BCUT2D eigenvalue weighted by molar-refractivity contribution is 5.37. The summed E-state index contributed by atoms with van der Waals surface area (Å²) in [6, 6.07) is 3.93. The summed E-state index contributed by atoms with van der Waals surface area (Å²) in [6.07, 6.45) is 20.5. The summed E-state index contributed by atoms with van der Waals surface area (Å²) in [5, 5.41) is 0. The van der Waals surface area contributed by atoms with E-state index in [0.29, 0.717) is 0 Å². The number of hydrogen-bond acceptors (Lipinski definition) is 4. The molecule has 2 aromatic heterocycles. The van der Waals surface area contributed by atoms with Gasteiger partial charge in [0.2, 0.25) is 0 Å². The SMILES string of the molecule is COc1ccnc2c1CC/C=C\CCc1nccc(OC)c1CC/C=C\CC2. The van der Waals surface area contributed by atoms with Crippen LogP contribution in [-0.4, -0.2) is 24.2 Å². The molecule has 2 aromatic rings. The van der Waals surface area contributed by atoms with E-state index >= 15 is 0 Å². The zero-order valence-electron chi connectivity index (χ0n) is 17.0. The molecule has 4 heteroatoms. The van der Waals surface area contributed by atoms with Crippen LogP contribution in [0.1, 0.15) is 48.2 Å². The topological polar surface area (TPSA) is 44.2 Å². The van der Waals surface area contributed by atoms with E-state index in [9.17, 15) is 0 Å². The van der Waals surface area contributed by atoms with Crippen LogP contribution >= 0.6 is 0 Å². The Bertz CT molecular complexity index is 758. The summed E-state index contributed by atoms with van der Waals surface area (Å²) in [5.41, 5.74) is 4.79. The number of pyridine rings is 2. The molecule has 0 radical (unpaired) electrons. The molecule has 28 heavy (non-hydrogen) atoms. The van der Waals surface area contributed by atoms with E-state index in [1.165, 1.54) is 11.1 Å². The highest BCUT2D eigenvalue weighted by atomic mass is 16.5. The van der Waals surface area contributed by atoms with Gasteiger partial charge in [0.25, 0.3) is 0 Å². The lowest BCUT2D eigenvalue weighted by molar-refractivity contribution is 0.408. The highest BCUT2D eigenvalue weighted by Crippen LogP contribution is 2.25. The molecule has 0 N–H and O–H groups in total. The molecule has 1 aliphatic carbocycles. The summed E-state index contributed by atoms with van der Waals surface area (Å²) in [5.74, 6) is 1.91. The first-order valence-electron chi connectivity index (χ1n) is 10.1. The van der Waals surface area contributed by atoms with Gasteiger partial charge in [0.05, 0.1) is 14.2 Å². The van der Waals surface area contributed by atoms with Gasteiger partial charge >= 0.3 is 0 Å². The molecule has 0 aromatic carbocycles. The maximum atomic E-state index is 5.58. The predicted molar refractivity (Wildman–Crippen MR) is 113 cm³/mol. The predicted octanol–water partition coefficient (Wildman–Crippen LogP) is 5.05. The summed E-state index contributed by atoms with van der Waals surface area (Å²) in [6.45, 7) is 0. The van der Waals surface area contributed by atoms with Crippen molar-refractivity contribution in [2.24, 2.45) is 0 Å². The van der Waals surface area contributed by atoms with Gasteiger partial charge in [0.1, 0.15) is 11.5 Å². The fraction of sp³-hybridized carbons (Fsp3) is 0.417. The zero-order chi connectivity index (χ0) is 19.6. The quantitative estimate of drug-likeness (QED) is 0.686. The molecule has 0 aliphatic heterocycles. The van der Waals surface area contributed by atoms with Crippen molar-refractivity contribution in [3.8, 4) is 11.5 Å². The van der Waals surface area contributed by atoms with E-state index in [1.807, 2.05) is 24.5 Å². The van der Waals surface area contributed by atoms with E-state index in [1.54, 1.807) is 14.2 Å². The molecule has 0 saturated heterocycles. The van der Waals surface area contributed by atoms with Crippen LogP contribution in [0.2, 0.25) is 0 Å². The number of ether oxygens (including phenoxy) is 2. The standard InChI is InChI=1S/C24H30N2O2/c1-27-23-15-17-25-21-13-9-6-4-8-12-20-22(26-18-16-24(20)28-2)14-10-5-3-7-11-19(21)23/h3-6,15-18H,7-14H2,1-2H3/b5-3-,6-4-. The van der Waals surface area contributed by atoms with Crippen molar-refractivity contribution < 1.29 is 9.47 Å². The average molecular weight is 379 g/mol. The molecular weight excluding hydrogens is 348 g/mol. The van der Waals surface area contributed by atoms with Crippen molar-refractivity contribution in [3.05, 3.63) is 71.3 Å². The molecule has 0 fully saturated rings. The Labute approximate surface area is 168 Å². The third kappa shape index (κ3) is 5.22. The second-order valence-corrected chi connectivity index (χ2v) is 6.97. The number of nitrogens with zero attached hydrogens (tertiary/aromatic N) is 2. The van der Waals surface area contributed by atoms with Crippen molar-refractivity contribution in [1.82, 2.24) is 9.97 Å². The Balaban J connectivity index is 1.79. The van der Waals surface area contributed by atoms with Gasteiger partial charge in [-0.1, -0.05) is 24.3 Å². The third-order valence-electron chi connectivity index (χ3n) is 5.19. The van der Waals surface area contributed by atoms with Crippen LogP contribution in [0, 0.1) is 0 Å². The van der Waals surface area contributed by atoms with Crippen molar-refractivity contribution in [3.63, 3.8) is 0 Å². The maximum absolute atomic E-state index is 5.58. The minimum absolute atomic E-state index is 0.939. The molecule has 0 atom stereocenters. The number of aromatic nitrogens is 2. The molecule has 0 amide bonds. The molecule has 0 spiro atoms. The van der Waals surface area contributed by atoms with Gasteiger partial charge in [-0.2, -0.15) is 0 Å². The fourth-order valence-corrected chi connectivity index (χ4v) is 3.75. The maximum Gasteiger partial charge on any atom is 0.125 e. The minimum atomic E-state index is 0.939. The van der Waals surface area contributed by atoms with Crippen LogP contribution in [-0.2, 0) is 25.7 Å². The number of aryl methyl sites for hydroxylation is 2. The zero-order valence-corrected chi connectivity index (χ0v) is 17.0. The van der Waals surface area contributed by atoms with E-state index in [2.05, 4.69) is 34.3 Å².